The number of hydrogen-bond donors (Lipinski definition) is 1. The summed E-state index contributed by atoms with van der Waals surface area (Å²) in [5.41, 5.74) is 2.00. The van der Waals surface area contributed by atoms with Gasteiger partial charge >= 0.3 is 0 Å². The fourth-order valence-electron chi connectivity index (χ4n) is 1.14. The van der Waals surface area contributed by atoms with E-state index in [9.17, 15) is 0 Å². The van der Waals surface area contributed by atoms with E-state index in [2.05, 4.69) is 30.2 Å². The van der Waals surface area contributed by atoms with Gasteiger partial charge in [-0.25, -0.2) is 0 Å². The topological polar surface area (TPSA) is 15.3 Å². The molecule has 0 spiro atoms. The van der Waals surface area contributed by atoms with Gasteiger partial charge in [-0.3, -0.25) is 0 Å². The van der Waals surface area contributed by atoms with Gasteiger partial charge in [-0.1, -0.05) is 12.0 Å². The third-order valence-electron chi connectivity index (χ3n) is 1.92. The zero-order valence-corrected chi connectivity index (χ0v) is 8.75. The number of anilines is 1. The first-order valence-electron chi connectivity index (χ1n) is 4.67. The summed E-state index contributed by atoms with van der Waals surface area (Å²) in [6, 6.07) is 7.90. The van der Waals surface area contributed by atoms with Gasteiger partial charge in [-0.15, -0.1) is 6.42 Å². The molecule has 1 aromatic carbocycles. The van der Waals surface area contributed by atoms with Gasteiger partial charge in [-0.05, 0) is 32.3 Å². The van der Waals surface area contributed by atoms with Crippen LogP contribution in [0.3, 0.4) is 0 Å². The average Bonchev–Trinajstić information content (AvgIpc) is 2.18. The second-order valence-corrected chi connectivity index (χ2v) is 3.46. The average molecular weight is 188 g/mol. The van der Waals surface area contributed by atoms with Crippen LogP contribution in [0.4, 0.5) is 5.69 Å². The van der Waals surface area contributed by atoms with Gasteiger partial charge in [0, 0.05) is 24.3 Å². The fraction of sp³-hybridized carbons (Fsp3) is 0.333. The zero-order chi connectivity index (χ0) is 10.4. The molecule has 0 amide bonds. The molecule has 14 heavy (non-hydrogen) atoms. The highest BCUT2D eigenvalue weighted by molar-refractivity contribution is 5.49. The molecule has 0 heterocycles. The van der Waals surface area contributed by atoms with Crippen molar-refractivity contribution in [1.29, 1.82) is 0 Å². The minimum atomic E-state index is 0.917. The molecule has 0 bridgehead atoms. The van der Waals surface area contributed by atoms with Crippen molar-refractivity contribution in [3.05, 3.63) is 29.8 Å². The van der Waals surface area contributed by atoms with Gasteiger partial charge in [0.05, 0.1) is 0 Å². The third-order valence-corrected chi connectivity index (χ3v) is 1.92. The second-order valence-electron chi connectivity index (χ2n) is 3.46. The van der Waals surface area contributed by atoms with E-state index in [0.29, 0.717) is 0 Å². The molecule has 0 aliphatic rings. The van der Waals surface area contributed by atoms with Crippen molar-refractivity contribution in [2.75, 3.05) is 32.5 Å². The molecule has 0 saturated carbocycles. The Labute approximate surface area is 85.9 Å². The highest BCUT2D eigenvalue weighted by atomic mass is 15.1. The van der Waals surface area contributed by atoms with Crippen molar-refractivity contribution in [1.82, 2.24) is 4.90 Å². The first kappa shape index (κ1) is 10.6. The number of nitrogens with one attached hydrogen (secondary N) is 1. The number of terminal acetylenes is 1. The highest BCUT2D eigenvalue weighted by Gasteiger charge is 1.93. The fourth-order valence-corrected chi connectivity index (χ4v) is 1.14. The van der Waals surface area contributed by atoms with Gasteiger partial charge in [-0.2, -0.15) is 0 Å². The van der Waals surface area contributed by atoms with Crippen LogP contribution in [-0.4, -0.2) is 32.1 Å². The molecule has 2 heteroatoms. The maximum absolute atomic E-state index is 5.31. The minimum absolute atomic E-state index is 0.917. The van der Waals surface area contributed by atoms with Gasteiger partial charge in [0.25, 0.3) is 0 Å². The summed E-state index contributed by atoms with van der Waals surface area (Å²) in [6.45, 7) is 1.95. The summed E-state index contributed by atoms with van der Waals surface area (Å²) < 4.78 is 0. The van der Waals surface area contributed by atoms with E-state index in [-0.39, 0.29) is 0 Å². The summed E-state index contributed by atoms with van der Waals surface area (Å²) in [7, 11) is 4.11. The molecule has 0 unspecified atom stereocenters. The van der Waals surface area contributed by atoms with E-state index in [1.807, 2.05) is 24.3 Å². The van der Waals surface area contributed by atoms with E-state index in [0.717, 1.165) is 24.3 Å². The van der Waals surface area contributed by atoms with Gasteiger partial charge < -0.3 is 10.2 Å². The van der Waals surface area contributed by atoms with Gasteiger partial charge in [0.15, 0.2) is 0 Å². The Balaban J connectivity index is 2.47. The van der Waals surface area contributed by atoms with Crippen LogP contribution in [0.15, 0.2) is 24.3 Å². The van der Waals surface area contributed by atoms with E-state index < -0.39 is 0 Å². The Morgan fingerprint density at radius 1 is 1.43 bits per heavy atom. The molecular weight excluding hydrogens is 172 g/mol. The first-order valence-corrected chi connectivity index (χ1v) is 4.67. The maximum atomic E-state index is 5.31. The van der Waals surface area contributed by atoms with Crippen molar-refractivity contribution in [2.24, 2.45) is 0 Å². The summed E-state index contributed by atoms with van der Waals surface area (Å²) in [5.74, 6) is 2.62. The van der Waals surface area contributed by atoms with E-state index in [1.165, 1.54) is 0 Å². The van der Waals surface area contributed by atoms with Crippen LogP contribution < -0.4 is 5.32 Å². The smallest absolute Gasteiger partial charge is 0.0353 e. The Morgan fingerprint density at radius 2 is 2.21 bits per heavy atom. The first-order chi connectivity index (χ1) is 6.72. The molecule has 0 saturated heterocycles. The Morgan fingerprint density at radius 3 is 2.86 bits per heavy atom. The molecule has 0 fully saturated rings. The maximum Gasteiger partial charge on any atom is 0.0353 e. The number of rotatable bonds is 4. The lowest BCUT2D eigenvalue weighted by Crippen LogP contribution is -2.20. The molecule has 0 aliphatic heterocycles. The molecule has 0 radical (unpaired) electrons. The molecule has 2 nitrogen and oxygen atoms in total. The normalized spacial score (nSPS) is 9.86. The highest BCUT2D eigenvalue weighted by Crippen LogP contribution is 2.08. The van der Waals surface area contributed by atoms with Crippen molar-refractivity contribution in [2.45, 2.75) is 0 Å². The van der Waals surface area contributed by atoms with E-state index in [4.69, 9.17) is 6.42 Å². The second kappa shape index (κ2) is 5.31. The predicted molar refractivity (Wildman–Crippen MR) is 61.4 cm³/mol. The third kappa shape index (κ3) is 3.51. The molecule has 0 aliphatic carbocycles. The van der Waals surface area contributed by atoms with Crippen molar-refractivity contribution in [3.8, 4) is 12.3 Å². The van der Waals surface area contributed by atoms with Gasteiger partial charge in [0.1, 0.15) is 0 Å². The lowest BCUT2D eigenvalue weighted by molar-refractivity contribution is 0.425. The Hall–Kier alpha value is -1.46. The van der Waals surface area contributed by atoms with Crippen LogP contribution in [0.5, 0.6) is 0 Å². The molecule has 0 aromatic heterocycles. The molecule has 74 valence electrons. The Kier molecular flexibility index (Phi) is 4.03. The van der Waals surface area contributed by atoms with Crippen LogP contribution >= 0.6 is 0 Å². The standard InChI is InChI=1S/C12H16N2/c1-4-11-6-5-7-12(10-11)13-8-9-14(2)3/h1,5-7,10,13H,8-9H2,2-3H3. The lowest BCUT2D eigenvalue weighted by atomic mass is 10.2. The van der Waals surface area contributed by atoms with Crippen molar-refractivity contribution >= 4 is 5.69 Å². The van der Waals surface area contributed by atoms with Crippen LogP contribution in [0.25, 0.3) is 0 Å². The quantitative estimate of drug-likeness (QED) is 0.723. The Bertz CT molecular complexity index is 323. The molecular formula is C12H16N2. The van der Waals surface area contributed by atoms with Crippen molar-refractivity contribution < 1.29 is 0 Å². The summed E-state index contributed by atoms with van der Waals surface area (Å²) >= 11 is 0. The number of benzene rings is 1. The summed E-state index contributed by atoms with van der Waals surface area (Å²) in [6.07, 6.45) is 5.31. The number of likely N-dealkylation sites (N-methyl/N-ethyl adjacent to an activating group) is 1. The summed E-state index contributed by atoms with van der Waals surface area (Å²) in [5, 5.41) is 3.31. The largest absolute Gasteiger partial charge is 0.384 e. The van der Waals surface area contributed by atoms with Crippen molar-refractivity contribution in [3.63, 3.8) is 0 Å². The van der Waals surface area contributed by atoms with Crippen LogP contribution in [0.2, 0.25) is 0 Å². The van der Waals surface area contributed by atoms with E-state index >= 15 is 0 Å². The monoisotopic (exact) mass is 188 g/mol. The van der Waals surface area contributed by atoms with Gasteiger partial charge in [0.2, 0.25) is 0 Å². The van der Waals surface area contributed by atoms with Crippen LogP contribution in [0.1, 0.15) is 5.56 Å². The predicted octanol–water partition coefficient (Wildman–Crippen LogP) is 1.64. The lowest BCUT2D eigenvalue weighted by Gasteiger charge is -2.11. The van der Waals surface area contributed by atoms with Crippen LogP contribution in [0, 0.1) is 12.3 Å². The zero-order valence-electron chi connectivity index (χ0n) is 8.75. The molecule has 1 rings (SSSR count). The van der Waals surface area contributed by atoms with E-state index in [1.54, 1.807) is 0 Å². The molecule has 1 N–H and O–H groups in total. The molecule has 0 atom stereocenters. The SMILES string of the molecule is C#Cc1cccc(NCCN(C)C)c1. The number of nitrogens with zero attached hydrogens (tertiary/aromatic N) is 1. The number of hydrogen-bond acceptors (Lipinski definition) is 2. The molecule has 1 aromatic rings. The van der Waals surface area contributed by atoms with Crippen LogP contribution in [-0.2, 0) is 0 Å². The minimum Gasteiger partial charge on any atom is -0.384 e. The summed E-state index contributed by atoms with van der Waals surface area (Å²) in [4.78, 5) is 2.14.